The van der Waals surface area contributed by atoms with Gasteiger partial charge in [0.1, 0.15) is 0 Å². The Morgan fingerprint density at radius 2 is 2.00 bits per heavy atom. The molecule has 1 aliphatic heterocycles. The van der Waals surface area contributed by atoms with Crippen LogP contribution in [0.3, 0.4) is 0 Å². The van der Waals surface area contributed by atoms with Crippen LogP contribution in [0.1, 0.15) is 31.2 Å². The summed E-state index contributed by atoms with van der Waals surface area (Å²) in [4.78, 5) is 38.3. The molecule has 0 fully saturated rings. The zero-order valence-corrected chi connectivity index (χ0v) is 12.5. The molecule has 2 aromatic rings. The number of benzene rings is 1. The van der Waals surface area contributed by atoms with Crippen molar-refractivity contribution in [2.24, 2.45) is 0 Å². The second kappa shape index (κ2) is 4.93. The molecule has 0 aliphatic carbocycles. The number of rotatable bonds is 3. The van der Waals surface area contributed by atoms with Crippen LogP contribution in [0.4, 0.5) is 5.69 Å². The molecule has 21 heavy (non-hydrogen) atoms. The standard InChI is InChI=1S/C16H13NO3S/c1-9-6-10(2)14-11(7-9)17(16(20)15(14)19)8-12(18)13-4-3-5-21-13/h3-7H,8H2,1-2H3. The third kappa shape index (κ3) is 2.19. The van der Waals surface area contributed by atoms with Gasteiger partial charge in [-0.2, -0.15) is 0 Å². The third-order valence-corrected chi connectivity index (χ3v) is 4.42. The molecule has 0 unspecified atom stereocenters. The normalized spacial score (nSPS) is 13.7. The van der Waals surface area contributed by atoms with E-state index >= 15 is 0 Å². The first-order valence-corrected chi connectivity index (χ1v) is 7.41. The zero-order valence-electron chi connectivity index (χ0n) is 11.7. The highest BCUT2D eigenvalue weighted by atomic mass is 32.1. The van der Waals surface area contributed by atoms with E-state index in [-0.39, 0.29) is 12.3 Å². The van der Waals surface area contributed by atoms with Gasteiger partial charge in [-0.15, -0.1) is 11.3 Å². The monoisotopic (exact) mass is 299 g/mol. The molecule has 4 nitrogen and oxygen atoms in total. The van der Waals surface area contributed by atoms with Crippen LogP contribution in [-0.2, 0) is 4.79 Å². The first-order chi connectivity index (χ1) is 9.99. The molecule has 0 atom stereocenters. The number of thiophene rings is 1. The maximum absolute atomic E-state index is 12.2. The van der Waals surface area contributed by atoms with Crippen LogP contribution in [0, 0.1) is 13.8 Å². The first-order valence-electron chi connectivity index (χ1n) is 6.53. The number of Topliss-reactive ketones (excluding diaryl/α,β-unsaturated/α-hetero) is 2. The SMILES string of the molecule is Cc1cc(C)c2c(c1)N(CC(=O)c1cccs1)C(=O)C2=O. The summed E-state index contributed by atoms with van der Waals surface area (Å²) in [6.07, 6.45) is 0. The second-order valence-corrected chi connectivity index (χ2v) is 6.04. The van der Waals surface area contributed by atoms with Crippen LogP contribution in [0.25, 0.3) is 0 Å². The summed E-state index contributed by atoms with van der Waals surface area (Å²) in [5.74, 6) is -1.30. The molecule has 1 amide bonds. The van der Waals surface area contributed by atoms with Crippen molar-refractivity contribution in [3.8, 4) is 0 Å². The summed E-state index contributed by atoms with van der Waals surface area (Å²) in [6, 6.07) is 7.16. The molecule has 1 aliphatic rings. The minimum atomic E-state index is -0.622. The molecule has 1 aromatic heterocycles. The van der Waals surface area contributed by atoms with E-state index in [1.54, 1.807) is 18.2 Å². The van der Waals surface area contributed by atoms with Crippen molar-refractivity contribution in [1.82, 2.24) is 0 Å². The van der Waals surface area contributed by atoms with Gasteiger partial charge in [0.15, 0.2) is 5.78 Å². The Kier molecular flexibility index (Phi) is 3.22. The molecule has 106 valence electrons. The lowest BCUT2D eigenvalue weighted by atomic mass is 10.0. The molecule has 0 saturated heterocycles. The third-order valence-electron chi connectivity index (χ3n) is 3.51. The smallest absolute Gasteiger partial charge is 0.297 e. The van der Waals surface area contributed by atoms with Crippen LogP contribution >= 0.6 is 11.3 Å². The van der Waals surface area contributed by atoms with Crippen LogP contribution in [0.2, 0.25) is 0 Å². The molecule has 0 bridgehead atoms. The van der Waals surface area contributed by atoms with E-state index in [2.05, 4.69) is 0 Å². The summed E-state index contributed by atoms with van der Waals surface area (Å²) < 4.78 is 0. The van der Waals surface area contributed by atoms with Gasteiger partial charge in [-0.3, -0.25) is 19.3 Å². The summed E-state index contributed by atoms with van der Waals surface area (Å²) in [7, 11) is 0. The van der Waals surface area contributed by atoms with Gasteiger partial charge < -0.3 is 0 Å². The largest absolute Gasteiger partial charge is 0.299 e. The summed E-state index contributed by atoms with van der Waals surface area (Å²) in [5, 5.41) is 1.81. The van der Waals surface area contributed by atoms with Crippen LogP contribution in [-0.4, -0.2) is 24.0 Å². The Morgan fingerprint density at radius 3 is 2.67 bits per heavy atom. The fourth-order valence-electron chi connectivity index (χ4n) is 2.61. The van der Waals surface area contributed by atoms with E-state index in [4.69, 9.17) is 0 Å². The molecule has 0 radical (unpaired) electrons. The Labute approximate surface area is 126 Å². The second-order valence-electron chi connectivity index (χ2n) is 5.10. The lowest BCUT2D eigenvalue weighted by Crippen LogP contribution is -2.34. The minimum absolute atomic E-state index is 0.0963. The minimum Gasteiger partial charge on any atom is -0.297 e. The molecule has 5 heteroatoms. The van der Waals surface area contributed by atoms with Crippen molar-refractivity contribution in [2.45, 2.75) is 13.8 Å². The summed E-state index contributed by atoms with van der Waals surface area (Å²) in [6.45, 7) is 3.61. The van der Waals surface area contributed by atoms with Gasteiger partial charge in [0, 0.05) is 0 Å². The predicted octanol–water partition coefficient (Wildman–Crippen LogP) is 2.78. The van der Waals surface area contributed by atoms with Crippen molar-refractivity contribution < 1.29 is 14.4 Å². The molecule has 3 rings (SSSR count). The van der Waals surface area contributed by atoms with Crippen molar-refractivity contribution in [2.75, 3.05) is 11.4 Å². The van der Waals surface area contributed by atoms with E-state index in [1.165, 1.54) is 16.2 Å². The molecule has 0 saturated carbocycles. The number of anilines is 1. The van der Waals surface area contributed by atoms with Crippen LogP contribution in [0.15, 0.2) is 29.6 Å². The molecule has 1 aromatic carbocycles. The lowest BCUT2D eigenvalue weighted by molar-refractivity contribution is -0.114. The Bertz CT molecular complexity index is 762. The van der Waals surface area contributed by atoms with Gasteiger partial charge in [0.05, 0.1) is 22.7 Å². The van der Waals surface area contributed by atoms with E-state index < -0.39 is 11.7 Å². The highest BCUT2D eigenvalue weighted by molar-refractivity contribution is 7.12. The number of carbonyl (C=O) groups is 3. The number of hydrogen-bond donors (Lipinski definition) is 0. The number of fused-ring (bicyclic) bond motifs is 1. The van der Waals surface area contributed by atoms with E-state index in [1.807, 2.05) is 25.3 Å². The van der Waals surface area contributed by atoms with Crippen LogP contribution in [0.5, 0.6) is 0 Å². The fraction of sp³-hybridized carbons (Fsp3) is 0.188. The average Bonchev–Trinajstić information content (AvgIpc) is 3.02. The lowest BCUT2D eigenvalue weighted by Gasteiger charge is -2.16. The summed E-state index contributed by atoms with van der Waals surface area (Å²) in [5.41, 5.74) is 2.70. The quantitative estimate of drug-likeness (QED) is 0.647. The van der Waals surface area contributed by atoms with Crippen molar-refractivity contribution >= 4 is 34.5 Å². The highest BCUT2D eigenvalue weighted by Gasteiger charge is 2.38. The summed E-state index contributed by atoms with van der Waals surface area (Å²) >= 11 is 1.33. The Hall–Kier alpha value is -2.27. The van der Waals surface area contributed by atoms with Crippen molar-refractivity contribution in [3.63, 3.8) is 0 Å². The van der Waals surface area contributed by atoms with Gasteiger partial charge >= 0.3 is 0 Å². The molecule has 0 N–H and O–H groups in total. The molecular weight excluding hydrogens is 286 g/mol. The van der Waals surface area contributed by atoms with Gasteiger partial charge in [0.2, 0.25) is 0 Å². The number of aryl methyl sites for hydroxylation is 2. The molecule has 2 heterocycles. The van der Waals surface area contributed by atoms with Crippen LogP contribution < -0.4 is 4.90 Å². The van der Waals surface area contributed by atoms with Gasteiger partial charge in [0.25, 0.3) is 11.7 Å². The maximum atomic E-state index is 12.2. The number of amides is 1. The van der Waals surface area contributed by atoms with E-state index in [0.29, 0.717) is 16.1 Å². The van der Waals surface area contributed by atoms with Gasteiger partial charge in [-0.05, 0) is 42.5 Å². The van der Waals surface area contributed by atoms with Gasteiger partial charge in [-0.25, -0.2) is 0 Å². The number of hydrogen-bond acceptors (Lipinski definition) is 4. The first kappa shape index (κ1) is 13.7. The predicted molar refractivity (Wildman–Crippen MR) is 81.2 cm³/mol. The van der Waals surface area contributed by atoms with Gasteiger partial charge in [-0.1, -0.05) is 12.1 Å². The molecule has 0 spiro atoms. The number of carbonyl (C=O) groups excluding carboxylic acids is 3. The average molecular weight is 299 g/mol. The Balaban J connectivity index is 2.00. The maximum Gasteiger partial charge on any atom is 0.299 e. The van der Waals surface area contributed by atoms with E-state index in [9.17, 15) is 14.4 Å². The topological polar surface area (TPSA) is 54.5 Å². The van der Waals surface area contributed by atoms with Crippen molar-refractivity contribution in [3.05, 3.63) is 51.2 Å². The number of ketones is 2. The molecular formula is C16H13NO3S. The highest BCUT2D eigenvalue weighted by Crippen LogP contribution is 2.32. The van der Waals surface area contributed by atoms with E-state index in [0.717, 1.165) is 11.1 Å². The Morgan fingerprint density at radius 1 is 1.24 bits per heavy atom. The van der Waals surface area contributed by atoms with Crippen molar-refractivity contribution in [1.29, 1.82) is 0 Å². The number of nitrogens with zero attached hydrogens (tertiary/aromatic N) is 1. The zero-order chi connectivity index (χ0) is 15.1. The fourth-order valence-corrected chi connectivity index (χ4v) is 3.26.